The van der Waals surface area contributed by atoms with Crippen molar-refractivity contribution < 1.29 is 27.8 Å². The van der Waals surface area contributed by atoms with Crippen LogP contribution in [0.1, 0.15) is 30.7 Å². The molecule has 0 aromatic heterocycles. The fraction of sp³-hybridized carbons (Fsp3) is 0.632. The summed E-state index contributed by atoms with van der Waals surface area (Å²) in [6, 6.07) is 11.0. The van der Waals surface area contributed by atoms with E-state index >= 15 is 0 Å². The third-order valence-corrected chi connectivity index (χ3v) is 5.00. The Morgan fingerprint density at radius 3 is 2.31 bits per heavy atom. The Morgan fingerprint density at radius 1 is 1.23 bits per heavy atom. The Labute approximate surface area is 151 Å². The maximum atomic E-state index is 10.6. The number of ether oxygens (including phenoxy) is 1. The van der Waals surface area contributed by atoms with E-state index in [2.05, 4.69) is 35.2 Å². The number of likely N-dealkylation sites (tertiary alicyclic amines) is 1. The molecule has 146 valence electrons. The Morgan fingerprint density at radius 2 is 1.81 bits per heavy atom. The molecule has 2 fully saturated rings. The maximum absolute atomic E-state index is 10.6. The van der Waals surface area contributed by atoms with Crippen molar-refractivity contribution in [2.45, 2.75) is 31.4 Å². The lowest BCUT2D eigenvalue weighted by molar-refractivity contribution is -0.192. The molecule has 1 aromatic carbocycles. The SMILES string of the molecule is COCC1CCN(C[C@@H]2C[C@H]2c2ccccc2)CC1.O=C(O)C(F)(F)F. The minimum atomic E-state index is -5.08. The third kappa shape index (κ3) is 6.61. The van der Waals surface area contributed by atoms with Gasteiger partial charge in [0.15, 0.2) is 0 Å². The fourth-order valence-corrected chi connectivity index (χ4v) is 3.46. The van der Waals surface area contributed by atoms with Gasteiger partial charge < -0.3 is 14.7 Å². The van der Waals surface area contributed by atoms with E-state index in [1.807, 2.05) is 7.11 Å². The van der Waals surface area contributed by atoms with Crippen molar-refractivity contribution in [1.82, 2.24) is 4.90 Å². The fourth-order valence-electron chi connectivity index (χ4n) is 3.46. The lowest BCUT2D eigenvalue weighted by Gasteiger charge is -2.31. The topological polar surface area (TPSA) is 49.8 Å². The zero-order valence-corrected chi connectivity index (χ0v) is 14.9. The van der Waals surface area contributed by atoms with Crippen LogP contribution in [0.15, 0.2) is 30.3 Å². The molecule has 1 aliphatic carbocycles. The highest BCUT2D eigenvalue weighted by molar-refractivity contribution is 5.73. The van der Waals surface area contributed by atoms with Crippen molar-refractivity contribution in [3.8, 4) is 0 Å². The molecule has 1 saturated heterocycles. The van der Waals surface area contributed by atoms with Crippen LogP contribution in [0.25, 0.3) is 0 Å². The van der Waals surface area contributed by atoms with Crippen LogP contribution in [0.4, 0.5) is 13.2 Å². The molecule has 1 aromatic rings. The number of rotatable bonds is 5. The van der Waals surface area contributed by atoms with Gasteiger partial charge in [0, 0.05) is 20.3 Å². The lowest BCUT2D eigenvalue weighted by Crippen LogP contribution is -2.36. The van der Waals surface area contributed by atoms with Crippen LogP contribution in [0.3, 0.4) is 0 Å². The van der Waals surface area contributed by atoms with Crippen LogP contribution >= 0.6 is 0 Å². The molecule has 0 amide bonds. The van der Waals surface area contributed by atoms with E-state index in [4.69, 9.17) is 14.6 Å². The number of hydrogen-bond acceptors (Lipinski definition) is 3. The first-order chi connectivity index (χ1) is 12.3. The summed E-state index contributed by atoms with van der Waals surface area (Å²) in [6.07, 6.45) is -1.06. The van der Waals surface area contributed by atoms with Gasteiger partial charge in [0.05, 0.1) is 0 Å². The number of piperidine rings is 1. The van der Waals surface area contributed by atoms with E-state index in [1.165, 1.54) is 38.9 Å². The average molecular weight is 373 g/mol. The first-order valence-electron chi connectivity index (χ1n) is 8.87. The molecule has 1 saturated carbocycles. The molecule has 0 radical (unpaired) electrons. The van der Waals surface area contributed by atoms with E-state index in [9.17, 15) is 13.2 Å². The van der Waals surface area contributed by atoms with Gasteiger partial charge in [0.25, 0.3) is 0 Å². The highest BCUT2D eigenvalue weighted by Gasteiger charge is 2.39. The molecule has 0 unspecified atom stereocenters. The summed E-state index contributed by atoms with van der Waals surface area (Å²) in [5.41, 5.74) is 1.54. The highest BCUT2D eigenvalue weighted by atomic mass is 19.4. The zero-order valence-electron chi connectivity index (χ0n) is 14.9. The van der Waals surface area contributed by atoms with Gasteiger partial charge in [-0.05, 0) is 55.7 Å². The minimum Gasteiger partial charge on any atom is -0.475 e. The third-order valence-electron chi connectivity index (χ3n) is 5.00. The van der Waals surface area contributed by atoms with E-state index in [-0.39, 0.29) is 0 Å². The molecule has 3 rings (SSSR count). The van der Waals surface area contributed by atoms with Crippen molar-refractivity contribution in [2.24, 2.45) is 11.8 Å². The van der Waals surface area contributed by atoms with E-state index in [1.54, 1.807) is 5.56 Å². The number of carboxylic acid groups (broad SMARTS) is 1. The van der Waals surface area contributed by atoms with E-state index < -0.39 is 12.1 Å². The predicted molar refractivity (Wildman–Crippen MR) is 92.0 cm³/mol. The molecule has 1 aliphatic heterocycles. The monoisotopic (exact) mass is 373 g/mol. The predicted octanol–water partition coefficient (Wildman–Crippen LogP) is 3.78. The Kier molecular flexibility index (Phi) is 7.46. The molecule has 4 nitrogen and oxygen atoms in total. The van der Waals surface area contributed by atoms with Crippen molar-refractivity contribution in [3.05, 3.63) is 35.9 Å². The molecular weight excluding hydrogens is 347 g/mol. The van der Waals surface area contributed by atoms with Crippen LogP contribution in [0.5, 0.6) is 0 Å². The first-order valence-corrected chi connectivity index (χ1v) is 8.87. The standard InChI is InChI=1S/C17H25NO.C2HF3O2/c1-19-13-14-7-9-18(10-8-14)12-16-11-17(16)15-5-3-2-4-6-15;3-2(4,5)1(6)7/h2-6,14,16-17H,7-13H2,1H3;(H,6,7)/t16-,17-;/m0./s1. The van der Waals surface area contributed by atoms with E-state index in [0.717, 1.165) is 24.4 Å². The minimum absolute atomic E-state index is 0.797. The number of nitrogens with zero attached hydrogens (tertiary/aromatic N) is 1. The summed E-state index contributed by atoms with van der Waals surface area (Å²) in [5.74, 6) is -0.225. The van der Waals surface area contributed by atoms with Gasteiger partial charge >= 0.3 is 12.1 Å². The Balaban J connectivity index is 0.000000298. The average Bonchev–Trinajstić information content (AvgIpc) is 3.37. The largest absolute Gasteiger partial charge is 0.490 e. The number of alkyl halides is 3. The van der Waals surface area contributed by atoms with Gasteiger partial charge in [0.2, 0.25) is 0 Å². The molecule has 0 spiro atoms. The zero-order chi connectivity index (χ0) is 19.2. The van der Waals surface area contributed by atoms with Crippen LogP contribution in [-0.2, 0) is 9.53 Å². The Hall–Kier alpha value is -1.60. The van der Waals surface area contributed by atoms with Gasteiger partial charge in [-0.3, -0.25) is 0 Å². The second-order valence-corrected chi connectivity index (χ2v) is 7.02. The van der Waals surface area contributed by atoms with Crippen LogP contribution in [-0.4, -0.2) is 55.5 Å². The lowest BCUT2D eigenvalue weighted by atomic mass is 9.97. The molecule has 1 N–H and O–H groups in total. The van der Waals surface area contributed by atoms with Gasteiger partial charge in [-0.15, -0.1) is 0 Å². The maximum Gasteiger partial charge on any atom is 0.490 e. The van der Waals surface area contributed by atoms with Gasteiger partial charge in [-0.25, -0.2) is 4.79 Å². The Bertz CT molecular complexity index is 557. The van der Waals surface area contributed by atoms with Gasteiger partial charge in [0.1, 0.15) is 0 Å². The summed E-state index contributed by atoms with van der Waals surface area (Å²) in [4.78, 5) is 11.6. The molecule has 0 bridgehead atoms. The summed E-state index contributed by atoms with van der Waals surface area (Å²) in [6.45, 7) is 4.79. The molecule has 2 aliphatic rings. The molecule has 7 heteroatoms. The van der Waals surface area contributed by atoms with Crippen molar-refractivity contribution >= 4 is 5.97 Å². The highest BCUT2D eigenvalue weighted by Crippen LogP contribution is 2.47. The van der Waals surface area contributed by atoms with Crippen molar-refractivity contribution in [3.63, 3.8) is 0 Å². The van der Waals surface area contributed by atoms with Crippen LogP contribution in [0.2, 0.25) is 0 Å². The summed E-state index contributed by atoms with van der Waals surface area (Å²) >= 11 is 0. The number of halogens is 3. The van der Waals surface area contributed by atoms with Gasteiger partial charge in [-0.1, -0.05) is 30.3 Å². The smallest absolute Gasteiger partial charge is 0.475 e. The number of carbonyl (C=O) groups is 1. The van der Waals surface area contributed by atoms with Gasteiger partial charge in [-0.2, -0.15) is 13.2 Å². The second-order valence-electron chi connectivity index (χ2n) is 7.02. The number of methoxy groups -OCH3 is 1. The number of hydrogen-bond donors (Lipinski definition) is 1. The summed E-state index contributed by atoms with van der Waals surface area (Å²) < 4.78 is 37.0. The second kappa shape index (κ2) is 9.37. The van der Waals surface area contributed by atoms with Crippen LogP contribution < -0.4 is 0 Å². The van der Waals surface area contributed by atoms with E-state index in [0.29, 0.717) is 0 Å². The summed E-state index contributed by atoms with van der Waals surface area (Å²) in [7, 11) is 1.82. The van der Waals surface area contributed by atoms with Crippen molar-refractivity contribution in [1.29, 1.82) is 0 Å². The first kappa shape index (κ1) is 20.7. The number of benzene rings is 1. The molecular formula is C19H26F3NO3. The molecule has 26 heavy (non-hydrogen) atoms. The molecule has 1 heterocycles. The molecule has 2 atom stereocenters. The summed E-state index contributed by atoms with van der Waals surface area (Å²) in [5, 5.41) is 7.12. The normalized spacial score (nSPS) is 23.8. The quantitative estimate of drug-likeness (QED) is 0.853. The number of carboxylic acids is 1. The number of aliphatic carboxylic acids is 1. The van der Waals surface area contributed by atoms with Crippen LogP contribution in [0, 0.1) is 11.8 Å². The van der Waals surface area contributed by atoms with Crippen molar-refractivity contribution in [2.75, 3.05) is 33.4 Å².